The van der Waals surface area contributed by atoms with Crippen LogP contribution in [-0.2, 0) is 19.1 Å². The number of carbonyl (C=O) groups is 2. The molecule has 1 saturated heterocycles. The Morgan fingerprint density at radius 3 is 1.44 bits per heavy atom. The molecule has 2 atom stereocenters. The summed E-state index contributed by atoms with van der Waals surface area (Å²) in [7, 11) is 0. The number of aliphatic hydroxyl groups excluding tert-OH is 2. The van der Waals surface area contributed by atoms with E-state index < -0.39 is 24.1 Å². The van der Waals surface area contributed by atoms with Gasteiger partial charge in [0.25, 0.3) is 0 Å². The Morgan fingerprint density at radius 1 is 0.722 bits per heavy atom. The summed E-state index contributed by atoms with van der Waals surface area (Å²) in [6.07, 6.45) is 1.67. The lowest BCUT2D eigenvalue weighted by atomic mass is 10.1. The number of aliphatic hydroxyl groups is 2. The Hall–Kier alpha value is -1.14. The van der Waals surface area contributed by atoms with E-state index in [-0.39, 0.29) is 13.2 Å². The molecule has 0 aromatic carbocycles. The van der Waals surface area contributed by atoms with Crippen LogP contribution < -0.4 is 0 Å². The smallest absolute Gasteiger partial charge is 0.338 e. The van der Waals surface area contributed by atoms with Gasteiger partial charge in [-0.25, -0.2) is 9.59 Å². The minimum Gasteiger partial charge on any atom is -0.464 e. The van der Waals surface area contributed by atoms with E-state index in [1.165, 1.54) is 0 Å². The van der Waals surface area contributed by atoms with Crippen molar-refractivity contribution in [2.45, 2.75) is 50.7 Å². The number of cyclic esters (lactones) is 2. The van der Waals surface area contributed by atoms with Crippen LogP contribution in [0.4, 0.5) is 0 Å². The normalized spacial score (nSPS) is 29.0. The van der Waals surface area contributed by atoms with Crippen LogP contribution >= 0.6 is 0 Å². The summed E-state index contributed by atoms with van der Waals surface area (Å²) in [6, 6.07) is 0. The lowest BCUT2D eigenvalue weighted by molar-refractivity contribution is -0.173. The number of esters is 2. The van der Waals surface area contributed by atoms with Crippen LogP contribution in [0.25, 0.3) is 0 Å². The molecule has 0 saturated carbocycles. The molecule has 0 amide bonds. The third-order valence-electron chi connectivity index (χ3n) is 2.81. The van der Waals surface area contributed by atoms with Crippen molar-refractivity contribution in [1.29, 1.82) is 0 Å². The first-order valence-electron chi connectivity index (χ1n) is 6.32. The maximum absolute atomic E-state index is 11.3. The highest BCUT2D eigenvalue weighted by atomic mass is 16.6. The number of carbonyl (C=O) groups excluding carboxylic acids is 2. The van der Waals surface area contributed by atoms with E-state index in [1.807, 2.05) is 0 Å². The van der Waals surface area contributed by atoms with Gasteiger partial charge in [0.05, 0.1) is 13.2 Å². The molecule has 1 fully saturated rings. The maximum atomic E-state index is 11.3. The molecule has 2 N–H and O–H groups in total. The van der Waals surface area contributed by atoms with Crippen molar-refractivity contribution in [1.82, 2.24) is 0 Å². The average Bonchev–Trinajstić information content (AvgIpc) is 2.37. The fraction of sp³-hybridized carbons (Fsp3) is 0.833. The second kappa shape index (κ2) is 8.05. The van der Waals surface area contributed by atoms with Crippen molar-refractivity contribution >= 4 is 11.9 Å². The SMILES string of the molecule is O=C1OCCCCCCCCOC(=O)C(O)C1O. The predicted molar refractivity (Wildman–Crippen MR) is 61.6 cm³/mol. The summed E-state index contributed by atoms with van der Waals surface area (Å²) < 4.78 is 9.52. The zero-order valence-corrected chi connectivity index (χ0v) is 10.3. The third-order valence-corrected chi connectivity index (χ3v) is 2.81. The van der Waals surface area contributed by atoms with Crippen LogP contribution in [0.15, 0.2) is 0 Å². The standard InChI is InChI=1S/C12H20O6/c13-9-10(14)12(16)18-8-6-4-2-1-3-5-7-17-11(9)15/h9-10,13-14H,1-8H2. The lowest BCUT2D eigenvalue weighted by Gasteiger charge is -2.16. The van der Waals surface area contributed by atoms with E-state index in [1.54, 1.807) is 0 Å². The van der Waals surface area contributed by atoms with E-state index in [0.29, 0.717) is 0 Å². The molecule has 0 aromatic rings. The van der Waals surface area contributed by atoms with Gasteiger partial charge in [0.1, 0.15) is 0 Å². The fourth-order valence-corrected chi connectivity index (χ4v) is 1.69. The van der Waals surface area contributed by atoms with Crippen LogP contribution in [-0.4, -0.2) is 47.6 Å². The molecule has 1 rings (SSSR count). The van der Waals surface area contributed by atoms with Crippen LogP contribution in [0.2, 0.25) is 0 Å². The third kappa shape index (κ3) is 5.01. The van der Waals surface area contributed by atoms with Gasteiger partial charge in [-0.15, -0.1) is 0 Å². The van der Waals surface area contributed by atoms with E-state index in [0.717, 1.165) is 38.5 Å². The lowest BCUT2D eigenvalue weighted by Crippen LogP contribution is -2.41. The number of hydrogen-bond donors (Lipinski definition) is 2. The largest absolute Gasteiger partial charge is 0.464 e. The molecule has 1 aliphatic heterocycles. The minimum absolute atomic E-state index is 0.192. The maximum Gasteiger partial charge on any atom is 0.338 e. The highest BCUT2D eigenvalue weighted by Gasteiger charge is 2.32. The first-order chi connectivity index (χ1) is 8.63. The van der Waals surface area contributed by atoms with E-state index in [2.05, 4.69) is 0 Å². The monoisotopic (exact) mass is 260 g/mol. The zero-order chi connectivity index (χ0) is 13.4. The van der Waals surface area contributed by atoms with Gasteiger partial charge in [-0.1, -0.05) is 25.7 Å². The average molecular weight is 260 g/mol. The molecular formula is C12H20O6. The molecular weight excluding hydrogens is 240 g/mol. The number of ether oxygens (including phenoxy) is 2. The fourth-order valence-electron chi connectivity index (χ4n) is 1.69. The van der Waals surface area contributed by atoms with Crippen molar-refractivity contribution in [3.8, 4) is 0 Å². The molecule has 0 bridgehead atoms. The van der Waals surface area contributed by atoms with Gasteiger partial charge in [-0.05, 0) is 12.8 Å². The summed E-state index contributed by atoms with van der Waals surface area (Å²) in [5.41, 5.74) is 0. The van der Waals surface area contributed by atoms with Gasteiger partial charge in [-0.2, -0.15) is 0 Å². The van der Waals surface area contributed by atoms with Crippen molar-refractivity contribution in [3.63, 3.8) is 0 Å². The summed E-state index contributed by atoms with van der Waals surface area (Å²) in [5, 5.41) is 18.8. The summed E-state index contributed by atoms with van der Waals surface area (Å²) in [4.78, 5) is 22.6. The minimum atomic E-state index is -1.87. The van der Waals surface area contributed by atoms with Crippen molar-refractivity contribution in [2.24, 2.45) is 0 Å². The highest BCUT2D eigenvalue weighted by molar-refractivity contribution is 5.85. The molecule has 2 unspecified atom stereocenters. The molecule has 0 aromatic heterocycles. The predicted octanol–water partition coefficient (Wildman–Crippen LogP) is 0.149. The van der Waals surface area contributed by atoms with E-state index >= 15 is 0 Å². The first-order valence-corrected chi connectivity index (χ1v) is 6.32. The Kier molecular flexibility index (Phi) is 6.67. The Bertz CT molecular complexity index is 250. The molecule has 6 nitrogen and oxygen atoms in total. The second-order valence-corrected chi connectivity index (χ2v) is 4.35. The molecule has 6 heteroatoms. The topological polar surface area (TPSA) is 93.1 Å². The van der Waals surface area contributed by atoms with Gasteiger partial charge < -0.3 is 19.7 Å². The van der Waals surface area contributed by atoms with Crippen LogP contribution in [0, 0.1) is 0 Å². The Labute approximate surface area is 106 Å². The quantitative estimate of drug-likeness (QED) is 0.602. The molecule has 104 valence electrons. The number of hydrogen-bond acceptors (Lipinski definition) is 6. The Balaban J connectivity index is 2.51. The highest BCUT2D eigenvalue weighted by Crippen LogP contribution is 2.08. The van der Waals surface area contributed by atoms with E-state index in [9.17, 15) is 19.8 Å². The Morgan fingerprint density at radius 2 is 1.06 bits per heavy atom. The van der Waals surface area contributed by atoms with Crippen molar-refractivity contribution in [3.05, 3.63) is 0 Å². The van der Waals surface area contributed by atoms with Gasteiger partial charge >= 0.3 is 11.9 Å². The zero-order valence-electron chi connectivity index (χ0n) is 10.3. The van der Waals surface area contributed by atoms with Gasteiger partial charge in [0.15, 0.2) is 12.2 Å². The molecule has 1 aliphatic rings. The summed E-state index contributed by atoms with van der Waals surface area (Å²) in [5.74, 6) is -1.98. The molecule has 1 heterocycles. The van der Waals surface area contributed by atoms with Crippen LogP contribution in [0.3, 0.4) is 0 Å². The van der Waals surface area contributed by atoms with E-state index in [4.69, 9.17) is 9.47 Å². The van der Waals surface area contributed by atoms with Crippen molar-refractivity contribution < 1.29 is 29.3 Å². The first kappa shape index (κ1) is 14.9. The van der Waals surface area contributed by atoms with Crippen LogP contribution in [0.5, 0.6) is 0 Å². The van der Waals surface area contributed by atoms with Gasteiger partial charge in [-0.3, -0.25) is 0 Å². The number of rotatable bonds is 0. The summed E-state index contributed by atoms with van der Waals surface area (Å²) in [6.45, 7) is 0.384. The molecule has 0 spiro atoms. The molecule has 18 heavy (non-hydrogen) atoms. The van der Waals surface area contributed by atoms with Gasteiger partial charge in [0.2, 0.25) is 0 Å². The van der Waals surface area contributed by atoms with Crippen molar-refractivity contribution in [2.75, 3.05) is 13.2 Å². The molecule has 0 aliphatic carbocycles. The summed E-state index contributed by atoms with van der Waals surface area (Å²) >= 11 is 0. The van der Waals surface area contributed by atoms with Crippen LogP contribution in [0.1, 0.15) is 38.5 Å². The molecule has 0 radical (unpaired) electrons. The van der Waals surface area contributed by atoms with Gasteiger partial charge in [0, 0.05) is 0 Å². The second-order valence-electron chi connectivity index (χ2n) is 4.35.